The van der Waals surface area contributed by atoms with Crippen LogP contribution < -0.4 is 0 Å². The van der Waals surface area contributed by atoms with Crippen LogP contribution in [-0.2, 0) is 4.79 Å². The summed E-state index contributed by atoms with van der Waals surface area (Å²) in [7, 11) is 0. The van der Waals surface area contributed by atoms with Crippen LogP contribution >= 0.6 is 11.8 Å². The molecule has 66 valence electrons. The van der Waals surface area contributed by atoms with Crippen LogP contribution in [0.3, 0.4) is 0 Å². The Morgan fingerprint density at radius 3 is 3.33 bits per heavy atom. The van der Waals surface area contributed by atoms with Gasteiger partial charge in [0.05, 0.1) is 11.3 Å². The molecule has 0 N–H and O–H groups in total. The highest BCUT2D eigenvalue weighted by atomic mass is 32.2. The van der Waals surface area contributed by atoms with E-state index in [1.54, 1.807) is 0 Å². The van der Waals surface area contributed by atoms with E-state index in [0.717, 1.165) is 18.6 Å². The van der Waals surface area contributed by atoms with E-state index in [-0.39, 0.29) is 0 Å². The van der Waals surface area contributed by atoms with Gasteiger partial charge in [0.25, 0.3) is 0 Å². The Balaban J connectivity index is 2.03. The number of nitrogens with zero attached hydrogens (tertiary/aromatic N) is 1. The fourth-order valence-corrected chi connectivity index (χ4v) is 3.01. The normalized spacial score (nSPS) is 33.1. The third-order valence-electron chi connectivity index (χ3n) is 2.42. The van der Waals surface area contributed by atoms with E-state index in [1.165, 1.54) is 0 Å². The molecule has 0 aliphatic carbocycles. The smallest absolute Gasteiger partial charge is 0.233 e. The van der Waals surface area contributed by atoms with E-state index in [4.69, 9.17) is 0 Å². The van der Waals surface area contributed by atoms with Gasteiger partial charge in [0.15, 0.2) is 0 Å². The molecule has 1 fully saturated rings. The summed E-state index contributed by atoms with van der Waals surface area (Å²) in [5.74, 6) is 1.70. The van der Waals surface area contributed by atoms with E-state index in [2.05, 4.69) is 13.0 Å². The SMILES string of the molecule is CCCC1C(=O)N2C=CCS[C@@H]12. The maximum Gasteiger partial charge on any atom is 0.233 e. The van der Waals surface area contributed by atoms with Gasteiger partial charge in [-0.25, -0.2) is 0 Å². The quantitative estimate of drug-likeness (QED) is 0.609. The monoisotopic (exact) mass is 183 g/mol. The summed E-state index contributed by atoms with van der Waals surface area (Å²) in [6.07, 6.45) is 6.17. The molecule has 0 aromatic rings. The zero-order valence-corrected chi connectivity index (χ0v) is 8.01. The van der Waals surface area contributed by atoms with Crippen molar-refractivity contribution in [3.8, 4) is 0 Å². The summed E-state index contributed by atoms with van der Waals surface area (Å²) >= 11 is 1.88. The molecule has 2 aliphatic heterocycles. The van der Waals surface area contributed by atoms with Crippen LogP contribution in [0, 0.1) is 5.92 Å². The molecule has 2 nitrogen and oxygen atoms in total. The van der Waals surface area contributed by atoms with Gasteiger partial charge in [-0.1, -0.05) is 19.4 Å². The molecule has 0 spiro atoms. The molecule has 3 heteroatoms. The Labute approximate surface area is 77.0 Å². The van der Waals surface area contributed by atoms with Gasteiger partial charge in [-0.3, -0.25) is 4.79 Å². The molecule has 1 saturated heterocycles. The van der Waals surface area contributed by atoms with E-state index in [9.17, 15) is 4.79 Å². The van der Waals surface area contributed by atoms with Gasteiger partial charge in [-0.2, -0.15) is 0 Å². The molecule has 2 heterocycles. The fraction of sp³-hybridized carbons (Fsp3) is 0.667. The van der Waals surface area contributed by atoms with Crippen LogP contribution in [0.4, 0.5) is 0 Å². The number of amides is 1. The number of thioether (sulfide) groups is 1. The minimum absolute atomic E-state index is 0.310. The van der Waals surface area contributed by atoms with Crippen LogP contribution in [0.2, 0.25) is 0 Å². The number of fused-ring (bicyclic) bond motifs is 1. The van der Waals surface area contributed by atoms with E-state index < -0.39 is 0 Å². The number of β-lactam (4-membered cyclic amide) rings is 1. The van der Waals surface area contributed by atoms with Gasteiger partial charge in [-0.15, -0.1) is 11.8 Å². The molecule has 2 aliphatic rings. The molecular formula is C9H13NOS. The van der Waals surface area contributed by atoms with Crippen molar-refractivity contribution in [2.45, 2.75) is 25.1 Å². The van der Waals surface area contributed by atoms with Crippen LogP contribution in [0.25, 0.3) is 0 Å². The van der Waals surface area contributed by atoms with Crippen LogP contribution in [0.15, 0.2) is 12.3 Å². The molecule has 2 rings (SSSR count). The molecule has 12 heavy (non-hydrogen) atoms. The van der Waals surface area contributed by atoms with Gasteiger partial charge in [0.2, 0.25) is 5.91 Å². The zero-order valence-electron chi connectivity index (χ0n) is 7.19. The van der Waals surface area contributed by atoms with Crippen molar-refractivity contribution in [2.75, 3.05) is 5.75 Å². The molecule has 0 saturated carbocycles. The first-order valence-corrected chi connectivity index (χ1v) is 5.50. The third kappa shape index (κ3) is 1.07. The predicted molar refractivity (Wildman–Crippen MR) is 50.6 cm³/mol. The van der Waals surface area contributed by atoms with E-state index in [1.807, 2.05) is 22.9 Å². The topological polar surface area (TPSA) is 20.3 Å². The Kier molecular flexibility index (Phi) is 2.13. The van der Waals surface area contributed by atoms with Crippen molar-refractivity contribution >= 4 is 17.7 Å². The number of carbonyl (C=O) groups is 1. The van der Waals surface area contributed by atoms with Gasteiger partial charge >= 0.3 is 0 Å². The molecular weight excluding hydrogens is 170 g/mol. The Morgan fingerprint density at radius 2 is 2.58 bits per heavy atom. The van der Waals surface area contributed by atoms with Crippen LogP contribution in [-0.4, -0.2) is 21.9 Å². The number of hydrogen-bond donors (Lipinski definition) is 0. The van der Waals surface area contributed by atoms with Crippen molar-refractivity contribution in [3.63, 3.8) is 0 Å². The lowest BCUT2D eigenvalue weighted by atomic mass is 9.93. The lowest BCUT2D eigenvalue weighted by Gasteiger charge is -2.46. The second-order valence-corrected chi connectivity index (χ2v) is 4.40. The summed E-state index contributed by atoms with van der Waals surface area (Å²) in [4.78, 5) is 13.3. The highest BCUT2D eigenvalue weighted by Crippen LogP contribution is 2.40. The molecule has 1 unspecified atom stereocenters. The van der Waals surface area contributed by atoms with Crippen molar-refractivity contribution in [3.05, 3.63) is 12.3 Å². The van der Waals surface area contributed by atoms with Crippen molar-refractivity contribution < 1.29 is 4.79 Å². The molecule has 2 atom stereocenters. The number of hydrogen-bond acceptors (Lipinski definition) is 2. The second-order valence-electron chi connectivity index (χ2n) is 3.25. The minimum atomic E-state index is 0.310. The second kappa shape index (κ2) is 3.13. The molecule has 0 bridgehead atoms. The third-order valence-corrected chi connectivity index (χ3v) is 3.70. The van der Waals surface area contributed by atoms with Gasteiger partial charge in [0, 0.05) is 12.0 Å². The standard InChI is InChI=1S/C9H13NOS/c1-2-4-7-8(11)10-5-3-6-12-9(7)10/h3,5,7,9H,2,4,6H2,1H3/t7?,9-/m0/s1. The van der Waals surface area contributed by atoms with Crippen molar-refractivity contribution in [1.29, 1.82) is 0 Å². The average molecular weight is 183 g/mol. The van der Waals surface area contributed by atoms with Gasteiger partial charge in [0.1, 0.15) is 0 Å². The Morgan fingerprint density at radius 1 is 1.75 bits per heavy atom. The zero-order chi connectivity index (χ0) is 8.55. The molecule has 0 aromatic heterocycles. The first kappa shape index (κ1) is 8.17. The van der Waals surface area contributed by atoms with Crippen LogP contribution in [0.1, 0.15) is 19.8 Å². The molecule has 1 amide bonds. The summed E-state index contributed by atoms with van der Waals surface area (Å²) < 4.78 is 0. The largest absolute Gasteiger partial charge is 0.306 e. The van der Waals surface area contributed by atoms with Gasteiger partial charge in [-0.05, 0) is 6.42 Å². The number of rotatable bonds is 2. The van der Waals surface area contributed by atoms with E-state index in [0.29, 0.717) is 17.2 Å². The highest BCUT2D eigenvalue weighted by molar-refractivity contribution is 8.00. The lowest BCUT2D eigenvalue weighted by Crippen LogP contribution is -2.57. The average Bonchev–Trinajstić information content (AvgIpc) is 2.13. The Hall–Kier alpha value is -0.440. The summed E-state index contributed by atoms with van der Waals surface area (Å²) in [5.41, 5.74) is 0. The van der Waals surface area contributed by atoms with Gasteiger partial charge < -0.3 is 4.90 Å². The Bertz CT molecular complexity index is 227. The molecule has 0 radical (unpaired) electrons. The van der Waals surface area contributed by atoms with E-state index >= 15 is 0 Å². The van der Waals surface area contributed by atoms with Crippen molar-refractivity contribution in [1.82, 2.24) is 4.90 Å². The highest BCUT2D eigenvalue weighted by Gasteiger charge is 2.46. The summed E-state index contributed by atoms with van der Waals surface area (Å²) in [6, 6.07) is 0. The first-order chi connectivity index (χ1) is 5.84. The maximum absolute atomic E-state index is 11.4. The predicted octanol–water partition coefficient (Wildman–Crippen LogP) is 1.83. The lowest BCUT2D eigenvalue weighted by molar-refractivity contribution is -0.146. The van der Waals surface area contributed by atoms with Crippen LogP contribution in [0.5, 0.6) is 0 Å². The number of carbonyl (C=O) groups excluding carboxylic acids is 1. The van der Waals surface area contributed by atoms with Crippen molar-refractivity contribution in [2.24, 2.45) is 5.92 Å². The summed E-state index contributed by atoms with van der Waals surface area (Å²) in [5, 5.41) is 0.461. The first-order valence-electron chi connectivity index (χ1n) is 4.45. The molecule has 0 aromatic carbocycles. The summed E-state index contributed by atoms with van der Waals surface area (Å²) in [6.45, 7) is 2.14. The fourth-order valence-electron chi connectivity index (χ4n) is 1.79. The maximum atomic E-state index is 11.4. The minimum Gasteiger partial charge on any atom is -0.306 e.